The van der Waals surface area contributed by atoms with E-state index in [1.165, 1.54) is 11.1 Å². The van der Waals surface area contributed by atoms with Gasteiger partial charge in [0.05, 0.1) is 12.3 Å². The number of aromatic hydroxyl groups is 1. The van der Waals surface area contributed by atoms with Crippen LogP contribution in [0.25, 0.3) is 0 Å². The summed E-state index contributed by atoms with van der Waals surface area (Å²) in [5, 5.41) is 22.1. The predicted molar refractivity (Wildman–Crippen MR) is 114 cm³/mol. The number of methoxy groups -OCH3 is 1. The average molecular weight is 431 g/mol. The molecule has 2 spiro atoms. The van der Waals surface area contributed by atoms with E-state index in [-0.39, 0.29) is 35.3 Å². The minimum absolute atomic E-state index is 0.0663. The molecule has 0 amide bonds. The van der Waals surface area contributed by atoms with Crippen molar-refractivity contribution in [3.05, 3.63) is 23.3 Å². The maximum Gasteiger partial charge on any atom is 0.165 e. The second kappa shape index (κ2) is 6.15. The van der Waals surface area contributed by atoms with Crippen molar-refractivity contribution < 1.29 is 24.1 Å². The number of hydrogen-bond donors (Lipinski definition) is 2. The van der Waals surface area contributed by atoms with Crippen LogP contribution >= 0.6 is 0 Å². The molecule has 1 aromatic rings. The number of nitrogens with zero attached hydrogens (tertiary/aromatic N) is 1. The maximum absolute atomic E-state index is 13.1. The Morgan fingerprint density at radius 3 is 2.81 bits per heavy atom. The molecule has 0 unspecified atom stereocenters. The Morgan fingerprint density at radius 2 is 2.10 bits per heavy atom. The van der Waals surface area contributed by atoms with E-state index in [0.29, 0.717) is 18.2 Å². The number of alkyl halides is 1. The molecule has 31 heavy (non-hydrogen) atoms. The fraction of sp³-hybridized carbons (Fsp3) is 0.760. The Bertz CT molecular complexity index is 931. The van der Waals surface area contributed by atoms with Crippen molar-refractivity contribution in [1.82, 2.24) is 4.90 Å². The molecule has 2 N–H and O–H groups in total. The minimum Gasteiger partial charge on any atom is -0.504 e. The number of halogens is 1. The van der Waals surface area contributed by atoms with Crippen LogP contribution in [-0.4, -0.2) is 65.3 Å². The van der Waals surface area contributed by atoms with Gasteiger partial charge >= 0.3 is 0 Å². The summed E-state index contributed by atoms with van der Waals surface area (Å²) in [5.41, 5.74) is 0.670. The maximum atomic E-state index is 13.1. The lowest BCUT2D eigenvalue weighted by atomic mass is 9.34. The third-order valence-corrected chi connectivity index (χ3v) is 9.90. The summed E-state index contributed by atoms with van der Waals surface area (Å²) in [6.45, 7) is 5.18. The van der Waals surface area contributed by atoms with E-state index in [4.69, 9.17) is 9.47 Å². The van der Waals surface area contributed by atoms with Crippen LogP contribution in [0.5, 0.6) is 11.5 Å². The van der Waals surface area contributed by atoms with Crippen LogP contribution in [0.4, 0.5) is 4.39 Å². The Kier molecular flexibility index (Phi) is 4.02. The monoisotopic (exact) mass is 430 g/mol. The first-order chi connectivity index (χ1) is 14.7. The van der Waals surface area contributed by atoms with Crippen LogP contribution in [0.1, 0.15) is 57.1 Å². The molecule has 170 valence electrons. The number of fused-ring (bicyclic) bond motifs is 2. The van der Waals surface area contributed by atoms with Crippen molar-refractivity contribution >= 4 is 0 Å². The Morgan fingerprint density at radius 1 is 1.29 bits per heavy atom. The van der Waals surface area contributed by atoms with E-state index >= 15 is 0 Å². The SMILES string of the molecule is CO[C@]12CC[C@@]3(C[C@@H]1C(C)(C)O)[C@H]1Cc4ccc(O)c5c4[C@@]3(CCN1CCC[18F])[C@H]2O5. The molecular weight excluding hydrogens is 396 g/mol. The largest absolute Gasteiger partial charge is 0.504 e. The Balaban J connectivity index is 1.61. The molecule has 2 heterocycles. The molecule has 4 bridgehead atoms. The van der Waals surface area contributed by atoms with Gasteiger partial charge < -0.3 is 19.7 Å². The molecule has 1 saturated heterocycles. The quantitative estimate of drug-likeness (QED) is 0.750. The molecule has 6 heteroatoms. The summed E-state index contributed by atoms with van der Waals surface area (Å²) in [6.07, 6.45) is 4.87. The molecule has 7 rings (SSSR count). The zero-order valence-electron chi connectivity index (χ0n) is 18.8. The third-order valence-electron chi connectivity index (χ3n) is 9.90. The first-order valence-corrected chi connectivity index (χ1v) is 11.8. The van der Waals surface area contributed by atoms with E-state index in [1.807, 2.05) is 13.8 Å². The second-order valence-corrected chi connectivity index (χ2v) is 11.2. The molecule has 3 saturated carbocycles. The van der Waals surface area contributed by atoms with Gasteiger partial charge in [-0.05, 0) is 70.5 Å². The van der Waals surface area contributed by atoms with Crippen LogP contribution in [0.15, 0.2) is 12.1 Å². The lowest BCUT2D eigenvalue weighted by Crippen LogP contribution is -2.82. The third kappa shape index (κ3) is 2.13. The Hall–Kier alpha value is -1.37. The highest BCUT2D eigenvalue weighted by molar-refractivity contribution is 5.63. The number of hydrogen-bond acceptors (Lipinski definition) is 5. The number of rotatable bonds is 5. The molecule has 0 radical (unpaired) electrons. The topological polar surface area (TPSA) is 62.2 Å². The first kappa shape index (κ1) is 20.3. The zero-order chi connectivity index (χ0) is 21.8. The van der Waals surface area contributed by atoms with Crippen LogP contribution in [0.3, 0.4) is 0 Å². The van der Waals surface area contributed by atoms with Crippen molar-refractivity contribution in [3.63, 3.8) is 0 Å². The highest BCUT2D eigenvalue weighted by atomic mass is 18.2. The number of benzene rings is 1. The molecule has 1 aromatic carbocycles. The number of ether oxygens (including phenoxy) is 2. The van der Waals surface area contributed by atoms with Crippen LogP contribution < -0.4 is 4.74 Å². The van der Waals surface area contributed by atoms with E-state index < -0.39 is 11.2 Å². The number of piperidine rings is 1. The van der Waals surface area contributed by atoms with E-state index in [2.05, 4.69) is 11.0 Å². The number of phenolic OH excluding ortho intramolecular Hbond substituents is 1. The van der Waals surface area contributed by atoms with Gasteiger partial charge in [-0.2, -0.15) is 0 Å². The summed E-state index contributed by atoms with van der Waals surface area (Å²) in [7, 11) is 1.76. The average Bonchev–Trinajstić information content (AvgIpc) is 3.11. The molecule has 0 aromatic heterocycles. The van der Waals surface area contributed by atoms with Gasteiger partial charge in [0.25, 0.3) is 0 Å². The van der Waals surface area contributed by atoms with Crippen molar-refractivity contribution in [2.45, 2.75) is 81.1 Å². The molecular formula is C25H34FNO4. The second-order valence-electron chi connectivity index (χ2n) is 11.2. The van der Waals surface area contributed by atoms with Gasteiger partial charge in [-0.1, -0.05) is 6.07 Å². The minimum atomic E-state index is -0.913. The summed E-state index contributed by atoms with van der Waals surface area (Å²) >= 11 is 0. The van der Waals surface area contributed by atoms with Crippen LogP contribution in [-0.2, 0) is 16.6 Å². The van der Waals surface area contributed by atoms with Gasteiger partial charge in [0.15, 0.2) is 11.5 Å². The van der Waals surface area contributed by atoms with E-state index in [9.17, 15) is 14.6 Å². The molecule has 6 aliphatic rings. The highest BCUT2D eigenvalue weighted by Crippen LogP contribution is 2.77. The zero-order valence-corrected chi connectivity index (χ0v) is 18.8. The Labute approximate surface area is 183 Å². The van der Waals surface area contributed by atoms with E-state index in [0.717, 1.165) is 45.2 Å². The smallest absolute Gasteiger partial charge is 0.165 e. The predicted octanol–water partition coefficient (Wildman–Crippen LogP) is 3.34. The van der Waals surface area contributed by atoms with Crippen LogP contribution in [0, 0.1) is 11.3 Å². The number of aliphatic hydroxyl groups is 1. The van der Waals surface area contributed by atoms with Gasteiger partial charge in [-0.15, -0.1) is 0 Å². The van der Waals surface area contributed by atoms with Gasteiger partial charge in [0, 0.05) is 42.0 Å². The molecule has 4 aliphatic carbocycles. The molecule has 5 nitrogen and oxygen atoms in total. The number of likely N-dealkylation sites (tertiary alicyclic amines) is 1. The van der Waals surface area contributed by atoms with Gasteiger partial charge in [0.1, 0.15) is 11.7 Å². The van der Waals surface area contributed by atoms with E-state index in [1.54, 1.807) is 13.2 Å². The van der Waals surface area contributed by atoms with Crippen LogP contribution in [0.2, 0.25) is 0 Å². The number of phenols is 1. The van der Waals surface area contributed by atoms with Crippen molar-refractivity contribution in [2.24, 2.45) is 11.3 Å². The standard InChI is InChI=1S/C25H34FNO4/c1-22(2,29)17-14-23-7-8-25(17,30-3)21-24(23)9-12-27(11-4-10-26)18(23)13-15-5-6-16(28)20(31-21)19(15)24/h5-6,17-18,21,28-29H,4,7-14H2,1-3H3/t17-,18-,21-,23-,24+,25-/m1/s1/i26-1. The van der Waals surface area contributed by atoms with Gasteiger partial charge in [0.2, 0.25) is 0 Å². The summed E-state index contributed by atoms with van der Waals surface area (Å²) in [6, 6.07) is 4.12. The molecule has 6 atom stereocenters. The highest BCUT2D eigenvalue weighted by Gasteiger charge is 2.81. The lowest BCUT2D eigenvalue weighted by molar-refractivity contribution is -0.300. The normalized spacial score (nSPS) is 42.4. The molecule has 2 aliphatic heterocycles. The van der Waals surface area contributed by atoms with Gasteiger partial charge in [-0.3, -0.25) is 9.29 Å². The fourth-order valence-electron chi connectivity index (χ4n) is 8.91. The molecule has 4 fully saturated rings. The lowest BCUT2D eigenvalue weighted by Gasteiger charge is -2.74. The van der Waals surface area contributed by atoms with Crippen molar-refractivity contribution in [1.29, 1.82) is 0 Å². The summed E-state index contributed by atoms with van der Waals surface area (Å²) in [4.78, 5) is 2.52. The van der Waals surface area contributed by atoms with Crippen molar-refractivity contribution in [3.8, 4) is 11.5 Å². The van der Waals surface area contributed by atoms with Gasteiger partial charge in [-0.25, -0.2) is 0 Å². The summed E-state index contributed by atoms with van der Waals surface area (Å²) < 4.78 is 26.2. The summed E-state index contributed by atoms with van der Waals surface area (Å²) in [5.74, 6) is 0.780. The first-order valence-electron chi connectivity index (χ1n) is 11.8. The fourth-order valence-corrected chi connectivity index (χ4v) is 8.91. The van der Waals surface area contributed by atoms with Crippen molar-refractivity contribution in [2.75, 3.05) is 26.9 Å².